The van der Waals surface area contributed by atoms with Crippen LogP contribution in [0.2, 0.25) is 0 Å². The average Bonchev–Trinajstić information content (AvgIpc) is 3.46. The van der Waals surface area contributed by atoms with Gasteiger partial charge >= 0.3 is 6.03 Å². The number of fused-ring (bicyclic) bond motifs is 5. The lowest BCUT2D eigenvalue weighted by atomic mass is 9.86. The second-order valence-corrected chi connectivity index (χ2v) is 11.6. The molecule has 2 aliphatic heterocycles. The van der Waals surface area contributed by atoms with Gasteiger partial charge < -0.3 is 15.2 Å². The van der Waals surface area contributed by atoms with Crippen LogP contribution >= 0.6 is 0 Å². The highest BCUT2D eigenvalue weighted by molar-refractivity contribution is 6.11. The van der Waals surface area contributed by atoms with Gasteiger partial charge in [0.05, 0.1) is 5.69 Å². The van der Waals surface area contributed by atoms with Crippen LogP contribution in [0.25, 0.3) is 10.9 Å². The topological polar surface area (TPSA) is 85.5 Å². The molecule has 7 heteroatoms. The van der Waals surface area contributed by atoms with Gasteiger partial charge in [-0.3, -0.25) is 9.59 Å². The fraction of sp³-hybridized carbons (Fsp3) is 0.324. The van der Waals surface area contributed by atoms with E-state index in [1.54, 1.807) is 11.8 Å². The molecule has 1 fully saturated rings. The van der Waals surface area contributed by atoms with Crippen molar-refractivity contribution in [2.24, 2.45) is 5.92 Å². The van der Waals surface area contributed by atoms with Crippen molar-refractivity contribution in [2.75, 3.05) is 13.1 Å². The number of rotatable bonds is 8. The van der Waals surface area contributed by atoms with E-state index in [0.29, 0.717) is 25.9 Å². The Morgan fingerprint density at radius 2 is 1.54 bits per heavy atom. The van der Waals surface area contributed by atoms with Gasteiger partial charge in [-0.15, -0.1) is 0 Å². The lowest BCUT2D eigenvalue weighted by molar-refractivity contribution is -0.140. The molecule has 210 valence electrons. The molecule has 0 radical (unpaired) electrons. The van der Waals surface area contributed by atoms with Crippen molar-refractivity contribution in [3.63, 3.8) is 0 Å². The number of carbonyl (C=O) groups is 3. The summed E-state index contributed by atoms with van der Waals surface area (Å²) in [6.07, 6.45) is 1.34. The molecule has 3 aromatic carbocycles. The quantitative estimate of drug-likeness (QED) is 0.283. The normalized spacial score (nSPS) is 19.1. The van der Waals surface area contributed by atoms with E-state index < -0.39 is 17.6 Å². The number of urea groups is 1. The summed E-state index contributed by atoms with van der Waals surface area (Å²) in [5.41, 5.74) is 3.95. The van der Waals surface area contributed by atoms with E-state index in [1.165, 1.54) is 16.0 Å². The Kier molecular flexibility index (Phi) is 6.89. The molecule has 4 amide bonds. The third-order valence-electron chi connectivity index (χ3n) is 8.81. The highest BCUT2D eigenvalue weighted by Crippen LogP contribution is 2.45. The lowest BCUT2D eigenvalue weighted by Crippen LogP contribution is -2.53. The number of benzene rings is 3. The van der Waals surface area contributed by atoms with Crippen LogP contribution in [0.4, 0.5) is 4.79 Å². The SMILES string of the molecule is CC(C)C(C(=O)NCCC(c1ccccc1)c1ccccc1)N1C(=O)N2CCc3c([nH]c4ccccc34)C2(C)C1=O. The van der Waals surface area contributed by atoms with E-state index in [-0.39, 0.29) is 23.7 Å². The number of imide groups is 1. The molecule has 6 rings (SSSR count). The van der Waals surface area contributed by atoms with Crippen LogP contribution in [0.3, 0.4) is 0 Å². The molecule has 0 saturated carbocycles. The molecule has 0 aliphatic carbocycles. The summed E-state index contributed by atoms with van der Waals surface area (Å²) in [6.45, 7) is 6.42. The standard InChI is InChI=1S/C34H36N4O3/c1-22(2)29(31(39)35-20-18-25(23-12-6-4-7-13-23)24-14-8-5-9-15-24)38-32(40)34(3)30-27(19-21-37(34)33(38)41)26-16-10-11-17-28(26)36-30/h4-17,22,25,29,36H,18-21H2,1-3H3,(H,35,39). The van der Waals surface area contributed by atoms with Gasteiger partial charge in [0.15, 0.2) is 5.54 Å². The Bertz CT molecular complexity index is 1560. The van der Waals surface area contributed by atoms with Gasteiger partial charge in [-0.05, 0) is 48.4 Å². The smallest absolute Gasteiger partial charge is 0.328 e. The molecule has 1 aromatic heterocycles. The predicted molar refractivity (Wildman–Crippen MR) is 159 cm³/mol. The molecule has 2 N–H and O–H groups in total. The van der Waals surface area contributed by atoms with Gasteiger partial charge in [-0.25, -0.2) is 9.69 Å². The summed E-state index contributed by atoms with van der Waals surface area (Å²) in [5.74, 6) is -0.801. The number of hydrogen-bond acceptors (Lipinski definition) is 3. The van der Waals surface area contributed by atoms with Crippen molar-refractivity contribution in [3.05, 3.63) is 107 Å². The first-order valence-electron chi connectivity index (χ1n) is 14.4. The highest BCUT2D eigenvalue weighted by atomic mass is 16.2. The zero-order valence-corrected chi connectivity index (χ0v) is 23.8. The fourth-order valence-corrected chi connectivity index (χ4v) is 6.72. The van der Waals surface area contributed by atoms with Crippen molar-refractivity contribution in [1.29, 1.82) is 0 Å². The largest absolute Gasteiger partial charge is 0.356 e. The molecule has 1 saturated heterocycles. The van der Waals surface area contributed by atoms with Crippen LogP contribution in [-0.2, 0) is 21.5 Å². The maximum absolute atomic E-state index is 14.2. The number of H-pyrrole nitrogens is 1. The second-order valence-electron chi connectivity index (χ2n) is 11.6. The molecule has 0 spiro atoms. The minimum Gasteiger partial charge on any atom is -0.356 e. The van der Waals surface area contributed by atoms with E-state index in [2.05, 4.69) is 34.6 Å². The van der Waals surface area contributed by atoms with Crippen LogP contribution in [0.5, 0.6) is 0 Å². The third-order valence-corrected chi connectivity index (χ3v) is 8.81. The summed E-state index contributed by atoms with van der Waals surface area (Å²) in [4.78, 5) is 48.0. The van der Waals surface area contributed by atoms with Crippen molar-refractivity contribution in [2.45, 2.75) is 51.1 Å². The van der Waals surface area contributed by atoms with E-state index in [0.717, 1.165) is 22.2 Å². The Hall–Kier alpha value is -4.39. The molecule has 2 aliphatic rings. The number of aromatic amines is 1. The minimum atomic E-state index is -1.18. The molecule has 2 unspecified atom stereocenters. The maximum Gasteiger partial charge on any atom is 0.328 e. The number of aromatic nitrogens is 1. The molecular formula is C34H36N4O3. The van der Waals surface area contributed by atoms with Crippen LogP contribution in [-0.4, -0.2) is 51.8 Å². The summed E-state index contributed by atoms with van der Waals surface area (Å²) in [6, 6.07) is 27.2. The van der Waals surface area contributed by atoms with Crippen molar-refractivity contribution < 1.29 is 14.4 Å². The minimum absolute atomic E-state index is 0.110. The van der Waals surface area contributed by atoms with Crippen molar-refractivity contribution >= 4 is 28.7 Å². The number of para-hydroxylation sites is 1. The van der Waals surface area contributed by atoms with E-state index in [9.17, 15) is 14.4 Å². The summed E-state index contributed by atoms with van der Waals surface area (Å²) in [5, 5.41) is 4.15. The number of nitrogens with one attached hydrogen (secondary N) is 2. The van der Waals surface area contributed by atoms with E-state index in [1.807, 2.05) is 74.5 Å². The Morgan fingerprint density at radius 1 is 0.927 bits per heavy atom. The average molecular weight is 549 g/mol. The van der Waals surface area contributed by atoms with E-state index in [4.69, 9.17) is 0 Å². The first kappa shape index (κ1) is 26.8. The molecule has 4 aromatic rings. The Balaban J connectivity index is 1.24. The second kappa shape index (κ2) is 10.5. The molecule has 2 atom stereocenters. The number of amides is 4. The third kappa shape index (κ3) is 4.40. The zero-order valence-electron chi connectivity index (χ0n) is 23.8. The first-order valence-corrected chi connectivity index (χ1v) is 14.4. The monoisotopic (exact) mass is 548 g/mol. The zero-order chi connectivity index (χ0) is 28.7. The molecule has 7 nitrogen and oxygen atoms in total. The van der Waals surface area contributed by atoms with Gasteiger partial charge in [-0.1, -0.05) is 92.7 Å². The van der Waals surface area contributed by atoms with Crippen LogP contribution in [0.15, 0.2) is 84.9 Å². The van der Waals surface area contributed by atoms with E-state index >= 15 is 0 Å². The number of hydrogen-bond donors (Lipinski definition) is 2. The van der Waals surface area contributed by atoms with Gasteiger partial charge in [-0.2, -0.15) is 0 Å². The van der Waals surface area contributed by atoms with Crippen molar-refractivity contribution in [3.8, 4) is 0 Å². The van der Waals surface area contributed by atoms with Gasteiger partial charge in [0, 0.05) is 29.9 Å². The molecule has 3 heterocycles. The summed E-state index contributed by atoms with van der Waals surface area (Å²) in [7, 11) is 0. The predicted octanol–water partition coefficient (Wildman–Crippen LogP) is 5.57. The fourth-order valence-electron chi connectivity index (χ4n) is 6.72. The lowest BCUT2D eigenvalue weighted by Gasteiger charge is -2.36. The van der Waals surface area contributed by atoms with Crippen molar-refractivity contribution in [1.82, 2.24) is 20.1 Å². The summed E-state index contributed by atoms with van der Waals surface area (Å²) >= 11 is 0. The summed E-state index contributed by atoms with van der Waals surface area (Å²) < 4.78 is 0. The highest BCUT2D eigenvalue weighted by Gasteiger charge is 2.61. The Morgan fingerprint density at radius 3 is 2.17 bits per heavy atom. The maximum atomic E-state index is 14.2. The van der Waals surface area contributed by atoms with Crippen LogP contribution < -0.4 is 5.32 Å². The van der Waals surface area contributed by atoms with Gasteiger partial charge in [0.25, 0.3) is 5.91 Å². The van der Waals surface area contributed by atoms with Gasteiger partial charge in [0.2, 0.25) is 5.91 Å². The van der Waals surface area contributed by atoms with Gasteiger partial charge in [0.1, 0.15) is 6.04 Å². The number of carbonyl (C=O) groups excluding carboxylic acids is 3. The molecular weight excluding hydrogens is 512 g/mol. The van der Waals surface area contributed by atoms with Crippen LogP contribution in [0, 0.1) is 5.92 Å². The first-order chi connectivity index (χ1) is 19.8. The number of nitrogens with zero attached hydrogens (tertiary/aromatic N) is 2. The molecule has 0 bridgehead atoms. The Labute approximate surface area is 240 Å². The van der Waals surface area contributed by atoms with Crippen LogP contribution in [0.1, 0.15) is 55.5 Å². The molecule has 41 heavy (non-hydrogen) atoms.